The van der Waals surface area contributed by atoms with Gasteiger partial charge in [0.2, 0.25) is 0 Å². The second-order valence-electron chi connectivity index (χ2n) is 7.98. The summed E-state index contributed by atoms with van der Waals surface area (Å²) in [6.07, 6.45) is 6.18. The van der Waals surface area contributed by atoms with Crippen molar-refractivity contribution in [3.63, 3.8) is 0 Å². The lowest BCUT2D eigenvalue weighted by Gasteiger charge is -2.42. The maximum atomic E-state index is 5.64. The molecule has 1 aliphatic rings. The monoisotopic (exact) mass is 394 g/mol. The van der Waals surface area contributed by atoms with Gasteiger partial charge in [-0.25, -0.2) is 0 Å². The third kappa shape index (κ3) is 4.64. The number of nitrogens with one attached hydrogen (secondary N) is 1. The number of benzene rings is 2. The Kier molecular flexibility index (Phi) is 7.64. The van der Waals surface area contributed by atoms with Crippen LogP contribution >= 0.6 is 12.2 Å². The number of nitrogens with zero attached hydrogens (tertiary/aromatic N) is 1. The molecule has 0 radical (unpaired) electrons. The fraction of sp³-hybridized carbons (Fsp3) is 0.480. The van der Waals surface area contributed by atoms with Crippen LogP contribution in [0.1, 0.15) is 62.6 Å². The standard InChI is InChI=1S/C25H34N2S/c1-3-5-17-27(18-6-4-2)19-16-25(21-12-8-7-9-13-21)20-26-24(28)22-14-10-11-15-23(22)25/h7-15H,3-6,16-20H2,1-2H3,(H,26,28). The lowest BCUT2D eigenvalue weighted by molar-refractivity contribution is 0.240. The Morgan fingerprint density at radius 1 is 0.893 bits per heavy atom. The van der Waals surface area contributed by atoms with Crippen LogP contribution in [0.15, 0.2) is 54.6 Å². The zero-order chi connectivity index (χ0) is 19.8. The van der Waals surface area contributed by atoms with Gasteiger partial charge in [-0.2, -0.15) is 0 Å². The second-order valence-corrected chi connectivity index (χ2v) is 8.38. The van der Waals surface area contributed by atoms with Crippen LogP contribution in [-0.2, 0) is 5.41 Å². The molecule has 1 unspecified atom stereocenters. The Hall–Kier alpha value is -1.71. The zero-order valence-electron chi connectivity index (χ0n) is 17.4. The molecule has 2 aromatic carbocycles. The van der Waals surface area contributed by atoms with E-state index in [-0.39, 0.29) is 5.41 Å². The van der Waals surface area contributed by atoms with Crippen molar-refractivity contribution in [2.45, 2.75) is 51.4 Å². The highest BCUT2D eigenvalue weighted by Gasteiger charge is 2.39. The predicted molar refractivity (Wildman–Crippen MR) is 124 cm³/mol. The molecule has 1 atom stereocenters. The van der Waals surface area contributed by atoms with Gasteiger partial charge in [-0.3, -0.25) is 0 Å². The number of unbranched alkanes of at least 4 members (excludes halogenated alkanes) is 2. The smallest absolute Gasteiger partial charge is 0.106 e. The van der Waals surface area contributed by atoms with Crippen molar-refractivity contribution in [1.82, 2.24) is 10.2 Å². The average Bonchev–Trinajstić information content (AvgIpc) is 2.75. The first-order valence-electron chi connectivity index (χ1n) is 10.9. The number of rotatable bonds is 10. The molecule has 150 valence electrons. The van der Waals surface area contributed by atoms with E-state index in [1.807, 2.05) is 0 Å². The fourth-order valence-corrected chi connectivity index (χ4v) is 4.60. The molecule has 3 heteroatoms. The van der Waals surface area contributed by atoms with E-state index >= 15 is 0 Å². The van der Waals surface area contributed by atoms with Gasteiger partial charge in [0, 0.05) is 17.5 Å². The first-order chi connectivity index (χ1) is 13.7. The van der Waals surface area contributed by atoms with Gasteiger partial charge in [-0.1, -0.05) is 93.5 Å². The molecule has 0 saturated carbocycles. The topological polar surface area (TPSA) is 15.3 Å². The lowest BCUT2D eigenvalue weighted by Crippen LogP contribution is -2.49. The van der Waals surface area contributed by atoms with Crippen LogP contribution in [0.25, 0.3) is 0 Å². The SMILES string of the molecule is CCCCN(CCCC)CCC1(c2ccccc2)CNC(=S)c2ccccc21. The summed E-state index contributed by atoms with van der Waals surface area (Å²) in [7, 11) is 0. The Bertz CT molecular complexity index is 750. The van der Waals surface area contributed by atoms with Crippen LogP contribution in [0.2, 0.25) is 0 Å². The van der Waals surface area contributed by atoms with Gasteiger partial charge < -0.3 is 10.2 Å². The van der Waals surface area contributed by atoms with Crippen molar-refractivity contribution in [3.8, 4) is 0 Å². The molecule has 0 bridgehead atoms. The summed E-state index contributed by atoms with van der Waals surface area (Å²) >= 11 is 5.64. The molecule has 2 nitrogen and oxygen atoms in total. The number of hydrogen-bond donors (Lipinski definition) is 1. The minimum absolute atomic E-state index is 0.0309. The lowest BCUT2D eigenvalue weighted by atomic mass is 9.68. The number of thiocarbonyl (C=S) groups is 1. The predicted octanol–water partition coefficient (Wildman–Crippen LogP) is 5.54. The Balaban J connectivity index is 1.93. The van der Waals surface area contributed by atoms with E-state index in [2.05, 4.69) is 78.7 Å². The normalized spacial score (nSPS) is 18.8. The molecule has 0 spiro atoms. The summed E-state index contributed by atoms with van der Waals surface area (Å²) in [4.78, 5) is 3.56. The summed E-state index contributed by atoms with van der Waals surface area (Å²) in [5.74, 6) is 0. The van der Waals surface area contributed by atoms with Crippen LogP contribution < -0.4 is 5.32 Å². The van der Waals surface area contributed by atoms with Gasteiger partial charge in [-0.15, -0.1) is 0 Å². The van der Waals surface area contributed by atoms with Crippen LogP contribution in [0.5, 0.6) is 0 Å². The van der Waals surface area contributed by atoms with E-state index < -0.39 is 0 Å². The second kappa shape index (κ2) is 10.2. The first kappa shape index (κ1) is 21.0. The van der Waals surface area contributed by atoms with E-state index in [0.717, 1.165) is 24.5 Å². The third-order valence-corrected chi connectivity index (χ3v) is 6.44. The number of hydrogen-bond acceptors (Lipinski definition) is 2. The molecule has 0 fully saturated rings. The van der Waals surface area contributed by atoms with Crippen molar-refractivity contribution >= 4 is 17.2 Å². The van der Waals surface area contributed by atoms with Gasteiger partial charge in [0.1, 0.15) is 4.99 Å². The zero-order valence-corrected chi connectivity index (χ0v) is 18.2. The maximum absolute atomic E-state index is 5.64. The van der Waals surface area contributed by atoms with E-state index in [9.17, 15) is 0 Å². The van der Waals surface area contributed by atoms with Crippen LogP contribution in [0.4, 0.5) is 0 Å². The van der Waals surface area contributed by atoms with Crippen molar-refractivity contribution in [1.29, 1.82) is 0 Å². The van der Waals surface area contributed by atoms with Gasteiger partial charge >= 0.3 is 0 Å². The van der Waals surface area contributed by atoms with Gasteiger partial charge in [0.25, 0.3) is 0 Å². The number of fused-ring (bicyclic) bond motifs is 1. The summed E-state index contributed by atoms with van der Waals surface area (Å²) < 4.78 is 0. The first-order valence-corrected chi connectivity index (χ1v) is 11.3. The molecule has 0 aliphatic carbocycles. The van der Waals surface area contributed by atoms with Crippen molar-refractivity contribution < 1.29 is 0 Å². The highest BCUT2D eigenvalue weighted by atomic mass is 32.1. The Morgan fingerprint density at radius 3 is 2.21 bits per heavy atom. The van der Waals surface area contributed by atoms with Crippen molar-refractivity contribution in [3.05, 3.63) is 71.3 Å². The molecular weight excluding hydrogens is 360 g/mol. The average molecular weight is 395 g/mol. The molecule has 1 heterocycles. The minimum atomic E-state index is -0.0309. The molecule has 1 aliphatic heterocycles. The van der Waals surface area contributed by atoms with Crippen molar-refractivity contribution in [2.75, 3.05) is 26.2 Å². The fourth-order valence-electron chi connectivity index (χ4n) is 4.35. The van der Waals surface area contributed by atoms with Crippen LogP contribution in [0.3, 0.4) is 0 Å². The highest BCUT2D eigenvalue weighted by Crippen LogP contribution is 2.39. The minimum Gasteiger partial charge on any atom is -0.375 e. The summed E-state index contributed by atoms with van der Waals surface area (Å²) in [5.41, 5.74) is 3.94. The molecule has 0 amide bonds. The van der Waals surface area contributed by atoms with Gasteiger partial charge in [-0.05, 0) is 50.0 Å². The van der Waals surface area contributed by atoms with Crippen LogP contribution in [-0.4, -0.2) is 36.1 Å². The van der Waals surface area contributed by atoms with Gasteiger partial charge in [0.05, 0.1) is 0 Å². The summed E-state index contributed by atoms with van der Waals surface area (Å²) in [5, 5.41) is 3.55. The van der Waals surface area contributed by atoms with E-state index in [0.29, 0.717) is 0 Å². The van der Waals surface area contributed by atoms with E-state index in [1.54, 1.807) is 0 Å². The van der Waals surface area contributed by atoms with E-state index in [4.69, 9.17) is 12.2 Å². The Labute approximate surface area is 176 Å². The molecule has 28 heavy (non-hydrogen) atoms. The molecule has 0 aromatic heterocycles. The molecule has 3 rings (SSSR count). The molecule has 1 N–H and O–H groups in total. The largest absolute Gasteiger partial charge is 0.375 e. The molecular formula is C25H34N2S. The molecule has 0 saturated heterocycles. The summed E-state index contributed by atoms with van der Waals surface area (Å²) in [6.45, 7) is 8.97. The third-order valence-electron chi connectivity index (χ3n) is 6.07. The highest BCUT2D eigenvalue weighted by molar-refractivity contribution is 7.80. The van der Waals surface area contributed by atoms with Gasteiger partial charge in [0.15, 0.2) is 0 Å². The maximum Gasteiger partial charge on any atom is 0.106 e. The van der Waals surface area contributed by atoms with Crippen LogP contribution in [0, 0.1) is 0 Å². The quantitative estimate of drug-likeness (QED) is 0.532. The van der Waals surface area contributed by atoms with Crippen molar-refractivity contribution in [2.24, 2.45) is 0 Å². The Morgan fingerprint density at radius 2 is 1.54 bits per heavy atom. The summed E-state index contributed by atoms with van der Waals surface area (Å²) in [6, 6.07) is 19.7. The molecule has 2 aromatic rings. The van der Waals surface area contributed by atoms with E-state index in [1.165, 1.54) is 55.5 Å².